The molecule has 0 bridgehead atoms. The quantitative estimate of drug-likeness (QED) is 0.556. The van der Waals surface area contributed by atoms with Crippen molar-refractivity contribution in [3.05, 3.63) is 78.9 Å². The van der Waals surface area contributed by atoms with Crippen LogP contribution in [-0.2, 0) is 9.47 Å². The Morgan fingerprint density at radius 2 is 0.792 bits per heavy atom. The maximum Gasteiger partial charge on any atom is 0.508 e. The van der Waals surface area contributed by atoms with E-state index in [9.17, 15) is 4.79 Å². The Hall–Kier alpha value is -2.37. The predicted molar refractivity (Wildman–Crippen MR) is 110 cm³/mol. The molecule has 5 heteroatoms. The van der Waals surface area contributed by atoms with E-state index in [0.29, 0.717) is 13.2 Å². The first kappa shape index (κ1) is 49.6. The van der Waals surface area contributed by atoms with E-state index < -0.39 is 6.16 Å². The minimum Gasteiger partial charge on any atom is -0.435 e. The molecule has 146 valence electrons. The lowest BCUT2D eigenvalue weighted by Gasteiger charge is -1.98. The van der Waals surface area contributed by atoms with Crippen LogP contribution >= 0.6 is 0 Å². The molecule has 0 radical (unpaired) electrons. The van der Waals surface area contributed by atoms with E-state index >= 15 is 0 Å². The molecule has 0 aliphatic carbocycles. The van der Waals surface area contributed by atoms with Gasteiger partial charge in [-0.25, -0.2) is 4.79 Å². The Bertz CT molecular complexity index is 138. The first-order chi connectivity index (χ1) is 11.7. The molecule has 0 saturated carbocycles. The third kappa shape index (κ3) is 318. The van der Waals surface area contributed by atoms with Crippen LogP contribution in [0.3, 0.4) is 0 Å². The lowest BCUT2D eigenvalue weighted by atomic mass is 10.8. The molecule has 24 heavy (non-hydrogen) atoms. The number of rotatable bonds is 3. The van der Waals surface area contributed by atoms with Crippen molar-refractivity contribution in [1.82, 2.24) is 0 Å². The van der Waals surface area contributed by atoms with Gasteiger partial charge in [-0.1, -0.05) is 0 Å². The lowest BCUT2D eigenvalue weighted by molar-refractivity contribution is 0.0630. The zero-order valence-electron chi connectivity index (χ0n) is 15.9. The highest BCUT2D eigenvalue weighted by molar-refractivity contribution is 5.59. The van der Waals surface area contributed by atoms with E-state index in [1.54, 1.807) is 13.8 Å². The summed E-state index contributed by atoms with van der Waals surface area (Å²) in [5.41, 5.74) is 0. The normalized spacial score (nSPS) is 5.00. The van der Waals surface area contributed by atoms with Gasteiger partial charge in [0.15, 0.2) is 0 Å². The van der Waals surface area contributed by atoms with E-state index in [-0.39, 0.29) is 13.2 Å². The van der Waals surface area contributed by atoms with Crippen LogP contribution in [0.2, 0.25) is 0 Å². The molecule has 0 heterocycles. The summed E-state index contributed by atoms with van der Waals surface area (Å²) in [5, 5.41) is 15.2. The zero-order chi connectivity index (χ0) is 21.8. The number of carbonyl (C=O) groups excluding carboxylic acids is 1. The second-order valence-electron chi connectivity index (χ2n) is 1.56. The smallest absolute Gasteiger partial charge is 0.435 e. The van der Waals surface area contributed by atoms with Gasteiger partial charge in [-0.15, -0.1) is 78.9 Å². The summed E-state index contributed by atoms with van der Waals surface area (Å²) in [4.78, 5) is 10.2. The molecule has 0 rings (SSSR count). The third-order valence-electron chi connectivity index (χ3n) is 0.624. The number of aliphatic hydroxyl groups excluding tert-OH is 2. The van der Waals surface area contributed by atoms with Gasteiger partial charge < -0.3 is 19.7 Å². The van der Waals surface area contributed by atoms with Crippen LogP contribution in [-0.4, -0.2) is 42.8 Å². The maximum absolute atomic E-state index is 10.2. The predicted octanol–water partition coefficient (Wildman–Crippen LogP) is 4.96. The van der Waals surface area contributed by atoms with Crippen LogP contribution in [0.15, 0.2) is 78.9 Å². The largest absolute Gasteiger partial charge is 0.508 e. The molecule has 0 saturated heterocycles. The van der Waals surface area contributed by atoms with Crippen molar-refractivity contribution in [2.24, 2.45) is 0 Å². The van der Waals surface area contributed by atoms with Crippen molar-refractivity contribution < 1.29 is 24.5 Å². The van der Waals surface area contributed by atoms with Crippen LogP contribution < -0.4 is 0 Å². The van der Waals surface area contributed by atoms with Crippen molar-refractivity contribution in [3.8, 4) is 0 Å². The fourth-order valence-corrected chi connectivity index (χ4v) is 0.277. The van der Waals surface area contributed by atoms with Crippen molar-refractivity contribution in [3.63, 3.8) is 0 Å². The summed E-state index contributed by atoms with van der Waals surface area (Å²) in [7, 11) is 0. The third-order valence-corrected chi connectivity index (χ3v) is 0.624. The van der Waals surface area contributed by atoms with Crippen LogP contribution in [0, 0.1) is 0 Å². The summed E-state index contributed by atoms with van der Waals surface area (Å²) in [6.45, 7) is 40.0. The minimum atomic E-state index is -0.588. The molecule has 0 amide bonds. The molecule has 0 aromatic carbocycles. The standard InChI is InChI=1S/C5H10O3.C2H6O2.6C2H4/c1-3-7-5(6)8-4-2;3-1-2-4;6*1-2/h3-4H2,1-2H3;3-4H,1-2H2;6*1-2H2. The fourth-order valence-electron chi connectivity index (χ4n) is 0.277. The van der Waals surface area contributed by atoms with Gasteiger partial charge in [-0.3, -0.25) is 0 Å². The highest BCUT2D eigenvalue weighted by Gasteiger charge is 1.96. The van der Waals surface area contributed by atoms with Crippen molar-refractivity contribution >= 4 is 6.16 Å². The summed E-state index contributed by atoms with van der Waals surface area (Å²) >= 11 is 0. The summed E-state index contributed by atoms with van der Waals surface area (Å²) in [6, 6.07) is 0. The molecular weight excluding hydrogens is 308 g/mol. The van der Waals surface area contributed by atoms with Gasteiger partial charge in [-0.05, 0) is 13.8 Å². The van der Waals surface area contributed by atoms with Gasteiger partial charge >= 0.3 is 6.16 Å². The molecule has 5 nitrogen and oxygen atoms in total. The number of aliphatic hydroxyl groups is 2. The summed E-state index contributed by atoms with van der Waals surface area (Å²) < 4.78 is 8.84. The molecule has 0 unspecified atom stereocenters. The lowest BCUT2D eigenvalue weighted by Crippen LogP contribution is -2.05. The van der Waals surface area contributed by atoms with E-state index in [0.717, 1.165) is 0 Å². The van der Waals surface area contributed by atoms with E-state index in [1.165, 1.54) is 0 Å². The fraction of sp³-hybridized carbons (Fsp3) is 0.316. The van der Waals surface area contributed by atoms with Gasteiger partial charge in [-0.2, -0.15) is 0 Å². The second-order valence-corrected chi connectivity index (χ2v) is 1.56. The number of ether oxygens (including phenoxy) is 2. The Morgan fingerprint density at radius 1 is 0.625 bits per heavy atom. The topological polar surface area (TPSA) is 76.0 Å². The minimum absolute atomic E-state index is 0.125. The van der Waals surface area contributed by atoms with E-state index in [1.807, 2.05) is 0 Å². The molecular formula is C19H40O5. The van der Waals surface area contributed by atoms with Crippen molar-refractivity contribution in [2.45, 2.75) is 13.8 Å². The van der Waals surface area contributed by atoms with E-state index in [4.69, 9.17) is 10.2 Å². The molecule has 0 aliphatic rings. The monoisotopic (exact) mass is 348 g/mol. The Balaban J connectivity index is -0.0000000229. The second kappa shape index (κ2) is 181. The van der Waals surface area contributed by atoms with Crippen molar-refractivity contribution in [1.29, 1.82) is 0 Å². The molecule has 2 N–H and O–H groups in total. The van der Waals surface area contributed by atoms with Gasteiger partial charge in [0.2, 0.25) is 0 Å². The average molecular weight is 349 g/mol. The van der Waals surface area contributed by atoms with E-state index in [2.05, 4.69) is 88.4 Å². The first-order valence-electron chi connectivity index (χ1n) is 6.74. The van der Waals surface area contributed by atoms with Crippen molar-refractivity contribution in [2.75, 3.05) is 26.4 Å². The zero-order valence-corrected chi connectivity index (χ0v) is 15.9. The number of carbonyl (C=O) groups is 1. The Kier molecular flexibility index (Phi) is 373. The first-order valence-corrected chi connectivity index (χ1v) is 6.74. The molecule has 0 aliphatic heterocycles. The highest BCUT2D eigenvalue weighted by atomic mass is 16.7. The molecule has 0 atom stereocenters. The number of hydrogen-bond acceptors (Lipinski definition) is 5. The SMILES string of the molecule is C=C.C=C.C=C.C=C.C=C.C=C.CCOC(=O)OCC.OCCO. The average Bonchev–Trinajstić information content (AvgIpc) is 2.72. The van der Waals surface area contributed by atoms with Crippen LogP contribution in [0.4, 0.5) is 4.79 Å². The molecule has 0 aromatic rings. The van der Waals surface area contributed by atoms with Crippen LogP contribution in [0.1, 0.15) is 13.8 Å². The van der Waals surface area contributed by atoms with Crippen LogP contribution in [0.25, 0.3) is 0 Å². The van der Waals surface area contributed by atoms with Gasteiger partial charge in [0, 0.05) is 0 Å². The Morgan fingerprint density at radius 3 is 0.875 bits per heavy atom. The van der Waals surface area contributed by atoms with Gasteiger partial charge in [0.25, 0.3) is 0 Å². The summed E-state index contributed by atoms with van der Waals surface area (Å²) in [6.07, 6.45) is -0.588. The molecule has 0 fully saturated rings. The highest BCUT2D eigenvalue weighted by Crippen LogP contribution is 1.81. The summed E-state index contributed by atoms with van der Waals surface area (Å²) in [5.74, 6) is 0. The van der Waals surface area contributed by atoms with Gasteiger partial charge in [0.05, 0.1) is 26.4 Å². The van der Waals surface area contributed by atoms with Gasteiger partial charge in [0.1, 0.15) is 0 Å². The number of hydrogen-bond donors (Lipinski definition) is 2. The molecule has 0 spiro atoms. The maximum atomic E-state index is 10.2. The Labute approximate surface area is 150 Å². The molecule has 0 aromatic heterocycles. The van der Waals surface area contributed by atoms with Crippen LogP contribution in [0.5, 0.6) is 0 Å².